The van der Waals surface area contributed by atoms with Gasteiger partial charge in [0, 0.05) is 33.1 Å². The zero-order valence-corrected chi connectivity index (χ0v) is 11.4. The standard InChI is InChI=1S/C14H18FN3O2/c1-11(19)17-6-8-18(9-7-17)14(20)10-16-13-5-3-2-4-12(13)15/h2-5,16H,6-10H2,1H3. The summed E-state index contributed by atoms with van der Waals surface area (Å²) in [6.45, 7) is 3.74. The third kappa shape index (κ3) is 3.46. The van der Waals surface area contributed by atoms with Crippen molar-refractivity contribution < 1.29 is 14.0 Å². The molecule has 108 valence electrons. The number of amides is 2. The lowest BCUT2D eigenvalue weighted by Crippen LogP contribution is -2.51. The lowest BCUT2D eigenvalue weighted by atomic mass is 10.3. The molecule has 0 bridgehead atoms. The molecule has 2 amide bonds. The van der Waals surface area contributed by atoms with E-state index in [0.29, 0.717) is 31.9 Å². The van der Waals surface area contributed by atoms with Gasteiger partial charge >= 0.3 is 0 Å². The fourth-order valence-electron chi connectivity index (χ4n) is 2.16. The molecule has 1 aromatic carbocycles. The lowest BCUT2D eigenvalue weighted by Gasteiger charge is -2.34. The smallest absolute Gasteiger partial charge is 0.241 e. The first kappa shape index (κ1) is 14.3. The average Bonchev–Trinajstić information content (AvgIpc) is 2.46. The second kappa shape index (κ2) is 6.36. The van der Waals surface area contributed by atoms with E-state index in [9.17, 15) is 14.0 Å². The normalized spacial score (nSPS) is 15.1. The molecule has 1 N–H and O–H groups in total. The van der Waals surface area contributed by atoms with Crippen molar-refractivity contribution in [3.05, 3.63) is 30.1 Å². The summed E-state index contributed by atoms with van der Waals surface area (Å²) in [6, 6.07) is 6.25. The number of piperazine rings is 1. The molecule has 6 heteroatoms. The van der Waals surface area contributed by atoms with Crippen LogP contribution in [-0.2, 0) is 9.59 Å². The van der Waals surface area contributed by atoms with Crippen LogP contribution in [0.3, 0.4) is 0 Å². The van der Waals surface area contributed by atoms with E-state index in [4.69, 9.17) is 0 Å². The summed E-state index contributed by atoms with van der Waals surface area (Å²) in [5.74, 6) is -0.431. The van der Waals surface area contributed by atoms with E-state index in [1.807, 2.05) is 0 Å². The third-order valence-corrected chi connectivity index (χ3v) is 3.38. The number of para-hydroxylation sites is 1. The van der Waals surface area contributed by atoms with E-state index in [-0.39, 0.29) is 24.2 Å². The van der Waals surface area contributed by atoms with Gasteiger partial charge in [0.15, 0.2) is 0 Å². The Hall–Kier alpha value is -2.11. The molecule has 5 nitrogen and oxygen atoms in total. The molecule has 2 rings (SSSR count). The van der Waals surface area contributed by atoms with Gasteiger partial charge in [0.05, 0.1) is 12.2 Å². The number of carbonyl (C=O) groups excluding carboxylic acids is 2. The number of rotatable bonds is 3. The molecule has 0 unspecified atom stereocenters. The van der Waals surface area contributed by atoms with Crippen LogP contribution in [0.25, 0.3) is 0 Å². The van der Waals surface area contributed by atoms with Crippen molar-refractivity contribution >= 4 is 17.5 Å². The van der Waals surface area contributed by atoms with Gasteiger partial charge in [-0.1, -0.05) is 12.1 Å². The van der Waals surface area contributed by atoms with E-state index in [2.05, 4.69) is 5.32 Å². The number of hydrogen-bond donors (Lipinski definition) is 1. The van der Waals surface area contributed by atoms with Gasteiger partial charge in [0.1, 0.15) is 5.82 Å². The Morgan fingerprint density at radius 2 is 1.75 bits per heavy atom. The van der Waals surface area contributed by atoms with Crippen molar-refractivity contribution in [1.82, 2.24) is 9.80 Å². The highest BCUT2D eigenvalue weighted by Gasteiger charge is 2.22. The molecule has 1 aliphatic rings. The summed E-state index contributed by atoms with van der Waals surface area (Å²) in [6.07, 6.45) is 0. The van der Waals surface area contributed by atoms with Crippen LogP contribution >= 0.6 is 0 Å². The highest BCUT2D eigenvalue weighted by molar-refractivity contribution is 5.81. The summed E-state index contributed by atoms with van der Waals surface area (Å²) >= 11 is 0. The molecular weight excluding hydrogens is 261 g/mol. The first-order valence-electron chi connectivity index (χ1n) is 6.59. The van der Waals surface area contributed by atoms with Crippen LogP contribution in [0, 0.1) is 5.82 Å². The molecule has 1 fully saturated rings. The number of nitrogens with zero attached hydrogens (tertiary/aromatic N) is 2. The van der Waals surface area contributed by atoms with Crippen LogP contribution in [0.5, 0.6) is 0 Å². The molecule has 0 saturated carbocycles. The zero-order valence-electron chi connectivity index (χ0n) is 11.4. The van der Waals surface area contributed by atoms with E-state index >= 15 is 0 Å². The van der Waals surface area contributed by atoms with Gasteiger partial charge in [-0.05, 0) is 12.1 Å². The topological polar surface area (TPSA) is 52.7 Å². The fourth-order valence-corrected chi connectivity index (χ4v) is 2.16. The maximum Gasteiger partial charge on any atom is 0.241 e. The van der Waals surface area contributed by atoms with Crippen LogP contribution in [0.4, 0.5) is 10.1 Å². The monoisotopic (exact) mass is 279 g/mol. The number of hydrogen-bond acceptors (Lipinski definition) is 3. The predicted octanol–water partition coefficient (Wildman–Crippen LogP) is 0.928. The third-order valence-electron chi connectivity index (χ3n) is 3.38. The van der Waals surface area contributed by atoms with Gasteiger partial charge in [-0.25, -0.2) is 4.39 Å². The Labute approximate surface area is 117 Å². The average molecular weight is 279 g/mol. The number of carbonyl (C=O) groups is 2. The van der Waals surface area contributed by atoms with Gasteiger partial charge in [-0.2, -0.15) is 0 Å². The Kier molecular flexibility index (Phi) is 4.55. The zero-order chi connectivity index (χ0) is 14.5. The number of benzene rings is 1. The van der Waals surface area contributed by atoms with Gasteiger partial charge in [0.2, 0.25) is 11.8 Å². The molecule has 0 spiro atoms. The van der Waals surface area contributed by atoms with E-state index < -0.39 is 0 Å². The summed E-state index contributed by atoms with van der Waals surface area (Å²) in [4.78, 5) is 26.6. The minimum atomic E-state index is -0.373. The van der Waals surface area contributed by atoms with Crippen molar-refractivity contribution in [3.8, 4) is 0 Å². The first-order valence-corrected chi connectivity index (χ1v) is 6.59. The number of halogens is 1. The molecule has 20 heavy (non-hydrogen) atoms. The Morgan fingerprint density at radius 1 is 1.15 bits per heavy atom. The van der Waals surface area contributed by atoms with Gasteiger partial charge in [0.25, 0.3) is 0 Å². The fraction of sp³-hybridized carbons (Fsp3) is 0.429. The van der Waals surface area contributed by atoms with Crippen molar-refractivity contribution in [2.75, 3.05) is 38.0 Å². The number of nitrogens with one attached hydrogen (secondary N) is 1. The molecule has 1 heterocycles. The maximum atomic E-state index is 13.4. The van der Waals surface area contributed by atoms with Crippen molar-refractivity contribution in [2.24, 2.45) is 0 Å². The summed E-state index contributed by atoms with van der Waals surface area (Å²) in [5, 5.41) is 2.80. The first-order chi connectivity index (χ1) is 9.58. The quantitative estimate of drug-likeness (QED) is 0.895. The van der Waals surface area contributed by atoms with Gasteiger partial charge in [-0.15, -0.1) is 0 Å². The van der Waals surface area contributed by atoms with E-state index in [1.54, 1.807) is 28.0 Å². The second-order valence-electron chi connectivity index (χ2n) is 4.72. The van der Waals surface area contributed by atoms with Crippen molar-refractivity contribution in [1.29, 1.82) is 0 Å². The molecule has 1 aromatic rings. The molecule has 0 aliphatic carbocycles. The van der Waals surface area contributed by atoms with Crippen LogP contribution in [0.2, 0.25) is 0 Å². The second-order valence-corrected chi connectivity index (χ2v) is 4.72. The Morgan fingerprint density at radius 3 is 2.35 bits per heavy atom. The minimum absolute atomic E-state index is 0.0292. The minimum Gasteiger partial charge on any atom is -0.374 e. The molecular formula is C14H18FN3O2. The maximum absolute atomic E-state index is 13.4. The van der Waals surface area contributed by atoms with E-state index in [1.165, 1.54) is 13.0 Å². The van der Waals surface area contributed by atoms with E-state index in [0.717, 1.165) is 0 Å². The molecule has 0 atom stereocenters. The Bertz CT molecular complexity index is 499. The Balaban J connectivity index is 1.82. The number of anilines is 1. The predicted molar refractivity (Wildman–Crippen MR) is 73.7 cm³/mol. The lowest BCUT2D eigenvalue weighted by molar-refractivity contribution is -0.137. The highest BCUT2D eigenvalue weighted by Crippen LogP contribution is 2.12. The molecule has 1 saturated heterocycles. The van der Waals surface area contributed by atoms with Gasteiger partial charge < -0.3 is 15.1 Å². The van der Waals surface area contributed by atoms with Crippen LogP contribution in [0.15, 0.2) is 24.3 Å². The van der Waals surface area contributed by atoms with Crippen molar-refractivity contribution in [3.63, 3.8) is 0 Å². The van der Waals surface area contributed by atoms with Crippen LogP contribution in [0.1, 0.15) is 6.92 Å². The summed E-state index contributed by atoms with van der Waals surface area (Å²) < 4.78 is 13.4. The summed E-state index contributed by atoms with van der Waals surface area (Å²) in [5.41, 5.74) is 0.322. The van der Waals surface area contributed by atoms with Crippen molar-refractivity contribution in [2.45, 2.75) is 6.92 Å². The SMILES string of the molecule is CC(=O)N1CCN(C(=O)CNc2ccccc2F)CC1. The van der Waals surface area contributed by atoms with Gasteiger partial charge in [-0.3, -0.25) is 9.59 Å². The highest BCUT2D eigenvalue weighted by atomic mass is 19.1. The molecule has 0 radical (unpaired) electrons. The summed E-state index contributed by atoms with van der Waals surface area (Å²) in [7, 11) is 0. The van der Waals surface area contributed by atoms with Crippen LogP contribution in [-0.4, -0.2) is 54.3 Å². The molecule has 0 aromatic heterocycles. The van der Waals surface area contributed by atoms with Crippen LogP contribution < -0.4 is 5.32 Å². The largest absolute Gasteiger partial charge is 0.374 e. The molecule has 1 aliphatic heterocycles.